The van der Waals surface area contributed by atoms with Gasteiger partial charge in [0, 0.05) is 6.04 Å². The number of hydrogen-bond acceptors (Lipinski definition) is 4. The van der Waals surface area contributed by atoms with E-state index in [1.54, 1.807) is 24.3 Å². The van der Waals surface area contributed by atoms with Crippen molar-refractivity contribution in [2.45, 2.75) is 45.2 Å². The summed E-state index contributed by atoms with van der Waals surface area (Å²) in [5, 5.41) is 11.0. The van der Waals surface area contributed by atoms with Crippen molar-refractivity contribution in [2.75, 3.05) is 0 Å². The number of tetrazole rings is 1. The summed E-state index contributed by atoms with van der Waals surface area (Å²) in [5.41, 5.74) is -0.0494. The van der Waals surface area contributed by atoms with E-state index in [0.29, 0.717) is 16.6 Å². The van der Waals surface area contributed by atoms with Gasteiger partial charge in [0.1, 0.15) is 6.54 Å². The first kappa shape index (κ1) is 16.7. The van der Waals surface area contributed by atoms with Gasteiger partial charge in [0.05, 0.1) is 10.7 Å². The molecule has 0 aliphatic heterocycles. The third-order valence-corrected chi connectivity index (χ3v) is 4.79. The Morgan fingerprint density at radius 2 is 2.04 bits per heavy atom. The van der Waals surface area contributed by atoms with Crippen molar-refractivity contribution in [3.8, 4) is 5.69 Å². The van der Waals surface area contributed by atoms with E-state index < -0.39 is 5.69 Å². The van der Waals surface area contributed by atoms with Crippen LogP contribution in [0.25, 0.3) is 5.69 Å². The topological polar surface area (TPSA) is 81.8 Å². The number of para-hydroxylation sites is 1. The lowest BCUT2D eigenvalue weighted by atomic mass is 9.86. The summed E-state index contributed by atoms with van der Waals surface area (Å²) >= 11 is 6.07. The SMILES string of the molecule is C[C@@H]1CCCC[C@@H]1NC(=O)Cn1nnn(-c2ccccc2Cl)c1=O. The molecule has 1 aromatic heterocycles. The number of benzene rings is 1. The van der Waals surface area contributed by atoms with Crippen molar-refractivity contribution >= 4 is 17.5 Å². The Hall–Kier alpha value is -2.15. The minimum atomic E-state index is -0.491. The molecule has 0 unspecified atom stereocenters. The highest BCUT2D eigenvalue weighted by Crippen LogP contribution is 2.23. The standard InChI is InChI=1S/C16H20ClN5O2/c1-11-6-2-4-8-13(11)18-15(23)10-21-16(24)22(20-19-21)14-9-5-3-7-12(14)17/h3,5,7,9,11,13H,2,4,6,8,10H2,1H3,(H,18,23)/t11-,13+/m1/s1. The van der Waals surface area contributed by atoms with Crippen molar-refractivity contribution in [2.24, 2.45) is 5.92 Å². The van der Waals surface area contributed by atoms with Crippen LogP contribution in [0.1, 0.15) is 32.6 Å². The molecule has 0 radical (unpaired) electrons. The molecular formula is C16H20ClN5O2. The molecule has 1 heterocycles. The fourth-order valence-corrected chi connectivity index (χ4v) is 3.28. The largest absolute Gasteiger partial charge is 0.369 e. The highest BCUT2D eigenvalue weighted by Gasteiger charge is 2.23. The number of aromatic nitrogens is 4. The molecular weight excluding hydrogens is 330 g/mol. The average molecular weight is 350 g/mol. The van der Waals surface area contributed by atoms with Crippen molar-refractivity contribution in [1.29, 1.82) is 0 Å². The third kappa shape index (κ3) is 3.51. The van der Waals surface area contributed by atoms with Gasteiger partial charge >= 0.3 is 5.69 Å². The number of carbonyl (C=O) groups is 1. The van der Waals surface area contributed by atoms with Gasteiger partial charge in [-0.1, -0.05) is 43.5 Å². The van der Waals surface area contributed by atoms with Crippen LogP contribution in [0.4, 0.5) is 0 Å². The molecule has 1 aliphatic rings. The van der Waals surface area contributed by atoms with Gasteiger partial charge in [0.2, 0.25) is 5.91 Å². The van der Waals surface area contributed by atoms with Crippen molar-refractivity contribution in [1.82, 2.24) is 25.1 Å². The molecule has 0 saturated heterocycles. The van der Waals surface area contributed by atoms with E-state index in [1.165, 1.54) is 6.42 Å². The molecule has 2 aromatic rings. The summed E-state index contributed by atoms with van der Waals surface area (Å²) in [6.07, 6.45) is 4.43. The lowest BCUT2D eigenvalue weighted by Crippen LogP contribution is -2.43. The summed E-state index contributed by atoms with van der Waals surface area (Å²) in [5.74, 6) is 0.236. The van der Waals surface area contributed by atoms with Gasteiger partial charge in [-0.25, -0.2) is 4.79 Å². The Kier molecular flexibility index (Phi) is 4.99. The fraction of sp³-hybridized carbons (Fsp3) is 0.500. The van der Waals surface area contributed by atoms with Crippen molar-refractivity contribution in [3.63, 3.8) is 0 Å². The van der Waals surface area contributed by atoms with Gasteiger partial charge in [-0.05, 0) is 41.3 Å². The zero-order valence-corrected chi connectivity index (χ0v) is 14.2. The Morgan fingerprint density at radius 3 is 2.79 bits per heavy atom. The van der Waals surface area contributed by atoms with E-state index in [1.807, 2.05) is 0 Å². The highest BCUT2D eigenvalue weighted by atomic mass is 35.5. The molecule has 3 rings (SSSR count). The summed E-state index contributed by atoms with van der Waals surface area (Å²) in [4.78, 5) is 24.6. The van der Waals surface area contributed by atoms with Crippen LogP contribution in [-0.2, 0) is 11.3 Å². The second kappa shape index (κ2) is 7.17. The number of amides is 1. The lowest BCUT2D eigenvalue weighted by Gasteiger charge is -2.29. The van der Waals surface area contributed by atoms with Gasteiger partial charge in [0.25, 0.3) is 0 Å². The Labute approximate surface area is 144 Å². The van der Waals surface area contributed by atoms with E-state index in [4.69, 9.17) is 11.6 Å². The second-order valence-electron chi connectivity index (χ2n) is 6.22. The molecule has 1 fully saturated rings. The predicted octanol–water partition coefficient (Wildman–Crippen LogP) is 1.78. The first-order valence-electron chi connectivity index (χ1n) is 8.13. The summed E-state index contributed by atoms with van der Waals surface area (Å²) in [6, 6.07) is 7.02. The molecule has 0 spiro atoms. The second-order valence-corrected chi connectivity index (χ2v) is 6.63. The molecule has 128 valence electrons. The number of hydrogen-bond donors (Lipinski definition) is 1. The van der Waals surface area contributed by atoms with E-state index in [-0.39, 0.29) is 18.5 Å². The molecule has 1 aliphatic carbocycles. The van der Waals surface area contributed by atoms with Crippen LogP contribution < -0.4 is 11.0 Å². The Balaban J connectivity index is 1.71. The van der Waals surface area contributed by atoms with Crippen LogP contribution in [-0.4, -0.2) is 31.7 Å². The van der Waals surface area contributed by atoms with Gasteiger partial charge in [-0.3, -0.25) is 4.79 Å². The predicted molar refractivity (Wildman–Crippen MR) is 90.2 cm³/mol. The highest BCUT2D eigenvalue weighted by molar-refractivity contribution is 6.32. The minimum absolute atomic E-state index is 0.146. The Morgan fingerprint density at radius 1 is 1.29 bits per heavy atom. The molecule has 1 N–H and O–H groups in total. The molecule has 7 nitrogen and oxygen atoms in total. The average Bonchev–Trinajstić information content (AvgIpc) is 2.91. The maximum absolute atomic E-state index is 12.4. The zero-order chi connectivity index (χ0) is 17.1. The normalized spacial score (nSPS) is 20.8. The first-order chi connectivity index (χ1) is 11.6. The molecule has 1 saturated carbocycles. The molecule has 0 bridgehead atoms. The molecule has 24 heavy (non-hydrogen) atoms. The van der Waals surface area contributed by atoms with Crippen molar-refractivity contribution < 1.29 is 4.79 Å². The number of rotatable bonds is 4. The molecule has 1 amide bonds. The van der Waals surface area contributed by atoms with Crippen LogP contribution in [0.2, 0.25) is 5.02 Å². The van der Waals surface area contributed by atoms with Crippen molar-refractivity contribution in [3.05, 3.63) is 39.8 Å². The number of halogens is 1. The van der Waals surface area contributed by atoms with E-state index in [2.05, 4.69) is 22.7 Å². The molecule has 1 aromatic carbocycles. The van der Waals surface area contributed by atoms with Gasteiger partial charge in [-0.2, -0.15) is 9.36 Å². The van der Waals surface area contributed by atoms with Crippen LogP contribution in [0, 0.1) is 5.92 Å². The van der Waals surface area contributed by atoms with E-state index >= 15 is 0 Å². The maximum Gasteiger partial charge on any atom is 0.369 e. The van der Waals surface area contributed by atoms with Crippen LogP contribution >= 0.6 is 11.6 Å². The third-order valence-electron chi connectivity index (χ3n) is 4.47. The smallest absolute Gasteiger partial charge is 0.351 e. The van der Waals surface area contributed by atoms with Gasteiger partial charge < -0.3 is 5.32 Å². The maximum atomic E-state index is 12.4. The van der Waals surface area contributed by atoms with Gasteiger partial charge in [0.15, 0.2) is 0 Å². The fourth-order valence-electron chi connectivity index (χ4n) is 3.07. The monoisotopic (exact) mass is 349 g/mol. The first-order valence-corrected chi connectivity index (χ1v) is 8.51. The quantitative estimate of drug-likeness (QED) is 0.912. The number of nitrogens with one attached hydrogen (secondary N) is 1. The van der Waals surface area contributed by atoms with E-state index in [0.717, 1.165) is 28.6 Å². The summed E-state index contributed by atoms with van der Waals surface area (Å²) in [7, 11) is 0. The number of carbonyl (C=O) groups excluding carboxylic acids is 1. The van der Waals surface area contributed by atoms with Crippen LogP contribution in [0.5, 0.6) is 0 Å². The minimum Gasteiger partial charge on any atom is -0.351 e. The van der Waals surface area contributed by atoms with Crippen LogP contribution in [0.15, 0.2) is 29.1 Å². The zero-order valence-electron chi connectivity index (χ0n) is 13.5. The lowest BCUT2D eigenvalue weighted by molar-refractivity contribution is -0.123. The number of nitrogens with zero attached hydrogens (tertiary/aromatic N) is 4. The van der Waals surface area contributed by atoms with Gasteiger partial charge in [-0.15, -0.1) is 0 Å². The van der Waals surface area contributed by atoms with Crippen LogP contribution in [0.3, 0.4) is 0 Å². The summed E-state index contributed by atoms with van der Waals surface area (Å²) < 4.78 is 2.14. The molecule has 8 heteroatoms. The summed E-state index contributed by atoms with van der Waals surface area (Å²) in [6.45, 7) is 2.00. The Bertz CT molecular complexity index is 785. The molecule has 2 atom stereocenters. The van der Waals surface area contributed by atoms with E-state index in [9.17, 15) is 9.59 Å².